The molecule has 1 atom stereocenters. The second-order valence-corrected chi connectivity index (χ2v) is 6.86. The Morgan fingerprint density at radius 3 is 2.36 bits per heavy atom. The number of amides is 2. The number of hydrogen-bond donors (Lipinski definition) is 2. The quantitative estimate of drug-likeness (QED) is 0.732. The SMILES string of the molecule is COc1ccc(CC(NC(=O)OC(C)C)C(=O)NCc2ccccc2)cc1C. The van der Waals surface area contributed by atoms with Crippen LogP contribution in [0, 0.1) is 6.92 Å². The van der Waals surface area contributed by atoms with Crippen molar-refractivity contribution in [3.8, 4) is 5.75 Å². The van der Waals surface area contributed by atoms with Gasteiger partial charge in [0.05, 0.1) is 13.2 Å². The lowest BCUT2D eigenvalue weighted by Gasteiger charge is -2.20. The Hall–Kier alpha value is -3.02. The van der Waals surface area contributed by atoms with Crippen molar-refractivity contribution >= 4 is 12.0 Å². The summed E-state index contributed by atoms with van der Waals surface area (Å²) in [7, 11) is 1.62. The summed E-state index contributed by atoms with van der Waals surface area (Å²) >= 11 is 0. The molecule has 28 heavy (non-hydrogen) atoms. The summed E-state index contributed by atoms with van der Waals surface area (Å²) in [5, 5.41) is 5.56. The second-order valence-electron chi connectivity index (χ2n) is 6.86. The van der Waals surface area contributed by atoms with Gasteiger partial charge in [-0.3, -0.25) is 4.79 Å². The summed E-state index contributed by atoms with van der Waals surface area (Å²) in [5.74, 6) is 0.513. The number of carbonyl (C=O) groups excluding carboxylic acids is 2. The molecule has 0 aliphatic heterocycles. The highest BCUT2D eigenvalue weighted by Gasteiger charge is 2.22. The van der Waals surface area contributed by atoms with Crippen LogP contribution in [0.25, 0.3) is 0 Å². The lowest BCUT2D eigenvalue weighted by atomic mass is 10.0. The molecule has 0 fully saturated rings. The highest BCUT2D eigenvalue weighted by Crippen LogP contribution is 2.19. The molecule has 150 valence electrons. The largest absolute Gasteiger partial charge is 0.496 e. The van der Waals surface area contributed by atoms with Crippen LogP contribution in [0.5, 0.6) is 5.75 Å². The molecule has 0 spiro atoms. The standard InChI is InChI=1S/C22H28N2O4/c1-15(2)28-22(26)24-19(13-18-10-11-20(27-4)16(3)12-18)21(25)23-14-17-8-6-5-7-9-17/h5-12,15,19H,13-14H2,1-4H3,(H,23,25)(H,24,26). The Morgan fingerprint density at radius 1 is 1.04 bits per heavy atom. The summed E-state index contributed by atoms with van der Waals surface area (Å²) in [6.45, 7) is 5.85. The second kappa shape index (κ2) is 10.3. The summed E-state index contributed by atoms with van der Waals surface area (Å²) in [4.78, 5) is 24.8. The first-order valence-corrected chi connectivity index (χ1v) is 9.31. The van der Waals surface area contributed by atoms with E-state index in [9.17, 15) is 9.59 Å². The summed E-state index contributed by atoms with van der Waals surface area (Å²) in [6.07, 6.45) is -0.532. The normalized spacial score (nSPS) is 11.6. The minimum atomic E-state index is -0.747. The number of hydrogen-bond acceptors (Lipinski definition) is 4. The van der Waals surface area contributed by atoms with Crippen LogP contribution < -0.4 is 15.4 Å². The van der Waals surface area contributed by atoms with Crippen molar-refractivity contribution in [3.05, 3.63) is 65.2 Å². The monoisotopic (exact) mass is 384 g/mol. The molecule has 0 radical (unpaired) electrons. The number of benzene rings is 2. The molecule has 2 aromatic carbocycles. The average Bonchev–Trinajstić information content (AvgIpc) is 2.66. The van der Waals surface area contributed by atoms with Crippen molar-refractivity contribution in [1.82, 2.24) is 10.6 Å². The van der Waals surface area contributed by atoms with Crippen molar-refractivity contribution < 1.29 is 19.1 Å². The zero-order chi connectivity index (χ0) is 20.5. The van der Waals surface area contributed by atoms with E-state index in [0.717, 1.165) is 22.4 Å². The van der Waals surface area contributed by atoms with Crippen LogP contribution in [0.1, 0.15) is 30.5 Å². The fraction of sp³-hybridized carbons (Fsp3) is 0.364. The molecule has 0 aliphatic rings. The van der Waals surface area contributed by atoms with Crippen molar-refractivity contribution in [3.63, 3.8) is 0 Å². The molecule has 0 saturated carbocycles. The molecule has 6 nitrogen and oxygen atoms in total. The van der Waals surface area contributed by atoms with Gasteiger partial charge in [0.15, 0.2) is 0 Å². The number of nitrogens with one attached hydrogen (secondary N) is 2. The molecule has 2 N–H and O–H groups in total. The van der Waals surface area contributed by atoms with Gasteiger partial charge in [-0.25, -0.2) is 4.79 Å². The number of aryl methyl sites for hydroxylation is 1. The maximum Gasteiger partial charge on any atom is 0.408 e. The molecule has 6 heteroatoms. The third kappa shape index (κ3) is 6.61. The van der Waals surface area contributed by atoms with Gasteiger partial charge in [0, 0.05) is 13.0 Å². The van der Waals surface area contributed by atoms with E-state index in [-0.39, 0.29) is 12.0 Å². The van der Waals surface area contributed by atoms with Crippen LogP contribution in [0.15, 0.2) is 48.5 Å². The Morgan fingerprint density at radius 2 is 1.75 bits per heavy atom. The van der Waals surface area contributed by atoms with E-state index < -0.39 is 12.1 Å². The fourth-order valence-corrected chi connectivity index (χ4v) is 2.81. The van der Waals surface area contributed by atoms with Gasteiger partial charge in [-0.1, -0.05) is 42.5 Å². The zero-order valence-electron chi connectivity index (χ0n) is 16.8. The highest BCUT2D eigenvalue weighted by molar-refractivity contribution is 5.86. The first-order valence-electron chi connectivity index (χ1n) is 9.31. The lowest BCUT2D eigenvalue weighted by Crippen LogP contribution is -2.48. The topological polar surface area (TPSA) is 76.7 Å². The molecule has 0 aliphatic carbocycles. The fourth-order valence-electron chi connectivity index (χ4n) is 2.81. The molecular formula is C22H28N2O4. The molecule has 0 bridgehead atoms. The number of rotatable bonds is 8. The summed E-state index contributed by atoms with van der Waals surface area (Å²) in [5.41, 5.74) is 2.87. The van der Waals surface area contributed by atoms with E-state index in [1.165, 1.54) is 0 Å². The van der Waals surface area contributed by atoms with Crippen molar-refractivity contribution in [2.24, 2.45) is 0 Å². The van der Waals surface area contributed by atoms with Crippen LogP contribution in [-0.2, 0) is 22.5 Å². The molecule has 0 heterocycles. The molecule has 2 amide bonds. The Labute approximate surface area is 166 Å². The zero-order valence-corrected chi connectivity index (χ0v) is 16.8. The van der Waals surface area contributed by atoms with Gasteiger partial charge in [-0.05, 0) is 43.5 Å². The van der Waals surface area contributed by atoms with Crippen LogP contribution in [0.4, 0.5) is 4.79 Å². The van der Waals surface area contributed by atoms with Gasteiger partial charge in [-0.15, -0.1) is 0 Å². The first kappa shape index (κ1) is 21.3. The van der Waals surface area contributed by atoms with E-state index >= 15 is 0 Å². The number of ether oxygens (including phenoxy) is 2. The lowest BCUT2D eigenvalue weighted by molar-refractivity contribution is -0.123. The van der Waals surface area contributed by atoms with Crippen molar-refractivity contribution in [2.45, 2.75) is 45.9 Å². The average molecular weight is 384 g/mol. The van der Waals surface area contributed by atoms with Gasteiger partial charge in [0.1, 0.15) is 11.8 Å². The molecule has 2 rings (SSSR count). The molecule has 2 aromatic rings. The highest BCUT2D eigenvalue weighted by atomic mass is 16.6. The van der Waals surface area contributed by atoms with Crippen LogP contribution in [0.3, 0.4) is 0 Å². The van der Waals surface area contributed by atoms with Crippen LogP contribution in [-0.4, -0.2) is 31.3 Å². The van der Waals surface area contributed by atoms with E-state index in [1.807, 2.05) is 55.5 Å². The summed E-state index contributed by atoms with van der Waals surface area (Å²) < 4.78 is 10.4. The van der Waals surface area contributed by atoms with Gasteiger partial charge < -0.3 is 20.1 Å². The number of carbonyl (C=O) groups is 2. The molecular weight excluding hydrogens is 356 g/mol. The van der Waals surface area contributed by atoms with E-state index in [2.05, 4.69) is 10.6 Å². The van der Waals surface area contributed by atoms with Crippen molar-refractivity contribution in [1.29, 1.82) is 0 Å². The van der Waals surface area contributed by atoms with Crippen LogP contribution >= 0.6 is 0 Å². The van der Waals surface area contributed by atoms with Gasteiger partial charge in [-0.2, -0.15) is 0 Å². The minimum Gasteiger partial charge on any atom is -0.496 e. The van der Waals surface area contributed by atoms with Gasteiger partial charge >= 0.3 is 6.09 Å². The first-order chi connectivity index (χ1) is 13.4. The Balaban J connectivity index is 2.10. The summed E-state index contributed by atoms with van der Waals surface area (Å²) in [6, 6.07) is 14.6. The molecule has 0 aromatic heterocycles. The maximum atomic E-state index is 12.7. The Bertz CT molecular complexity index is 790. The van der Waals surface area contributed by atoms with Gasteiger partial charge in [0.25, 0.3) is 0 Å². The number of alkyl carbamates (subject to hydrolysis) is 1. The van der Waals surface area contributed by atoms with Crippen LogP contribution in [0.2, 0.25) is 0 Å². The Kier molecular flexibility index (Phi) is 7.87. The van der Waals surface area contributed by atoms with E-state index in [0.29, 0.717) is 13.0 Å². The number of methoxy groups -OCH3 is 1. The predicted octanol–water partition coefficient (Wildman–Crippen LogP) is 3.37. The third-order valence-electron chi connectivity index (χ3n) is 4.16. The minimum absolute atomic E-state index is 0.266. The van der Waals surface area contributed by atoms with E-state index in [1.54, 1.807) is 21.0 Å². The maximum absolute atomic E-state index is 12.7. The predicted molar refractivity (Wildman–Crippen MR) is 108 cm³/mol. The van der Waals surface area contributed by atoms with Crippen molar-refractivity contribution in [2.75, 3.05) is 7.11 Å². The molecule has 0 saturated heterocycles. The van der Waals surface area contributed by atoms with E-state index in [4.69, 9.17) is 9.47 Å². The third-order valence-corrected chi connectivity index (χ3v) is 4.16. The molecule has 1 unspecified atom stereocenters. The van der Waals surface area contributed by atoms with Gasteiger partial charge in [0.2, 0.25) is 5.91 Å². The smallest absolute Gasteiger partial charge is 0.408 e.